The van der Waals surface area contributed by atoms with Crippen LogP contribution in [0.2, 0.25) is 0 Å². The Hall–Kier alpha value is -3.17. The fourth-order valence-corrected chi connectivity index (χ4v) is 1.84. The van der Waals surface area contributed by atoms with Crippen LogP contribution in [0.3, 0.4) is 0 Å². The molecule has 0 aromatic heterocycles. The van der Waals surface area contributed by atoms with Gasteiger partial charge in [-0.3, -0.25) is 20.4 Å². The summed E-state index contributed by atoms with van der Waals surface area (Å²) in [6.45, 7) is 5.70. The van der Waals surface area contributed by atoms with Crippen LogP contribution >= 0.6 is 0 Å². The summed E-state index contributed by atoms with van der Waals surface area (Å²) in [7, 11) is 0. The number of nitrogens with one attached hydrogen (secondary N) is 3. The van der Waals surface area contributed by atoms with Crippen molar-refractivity contribution in [2.45, 2.75) is 13.5 Å². The molecule has 9 nitrogen and oxygen atoms in total. The zero-order valence-electron chi connectivity index (χ0n) is 14.9. The number of aldehydes is 2. The van der Waals surface area contributed by atoms with Gasteiger partial charge in [-0.15, -0.1) is 0 Å². The molecule has 3 N–H and O–H groups in total. The topological polar surface area (TPSA) is 139 Å². The Balaban J connectivity index is 2.57. The molecular weight excluding hydrogens is 354 g/mol. The van der Waals surface area contributed by atoms with E-state index in [2.05, 4.69) is 11.9 Å². The second-order valence-electron chi connectivity index (χ2n) is 5.51. The fourth-order valence-electron chi connectivity index (χ4n) is 1.84. The Bertz CT molecular complexity index is 706. The van der Waals surface area contributed by atoms with Crippen LogP contribution in [0.5, 0.6) is 0 Å². The Morgan fingerprint density at radius 1 is 1.07 bits per heavy atom. The summed E-state index contributed by atoms with van der Waals surface area (Å²) in [5.74, 6) is 0. The molecule has 0 spiro atoms. The van der Waals surface area contributed by atoms with Gasteiger partial charge in [-0.2, -0.15) is 0 Å². The lowest BCUT2D eigenvalue weighted by Crippen LogP contribution is -2.25. The summed E-state index contributed by atoms with van der Waals surface area (Å²) in [5, 5.41) is 17.7. The molecule has 0 aliphatic heterocycles. The molecule has 1 aromatic rings. The van der Waals surface area contributed by atoms with Crippen molar-refractivity contribution in [2.75, 3.05) is 19.8 Å². The van der Waals surface area contributed by atoms with Gasteiger partial charge in [0.05, 0.1) is 0 Å². The van der Waals surface area contributed by atoms with E-state index < -0.39 is 6.09 Å². The van der Waals surface area contributed by atoms with Crippen molar-refractivity contribution in [3.63, 3.8) is 0 Å². The number of amides is 1. The molecule has 1 rings (SSSR count). The van der Waals surface area contributed by atoms with Crippen LogP contribution in [-0.4, -0.2) is 49.9 Å². The predicted molar refractivity (Wildman–Crippen MR) is 97.1 cm³/mol. The van der Waals surface area contributed by atoms with E-state index in [4.69, 9.17) is 25.3 Å². The maximum atomic E-state index is 11.7. The molecule has 1 aromatic carbocycles. The van der Waals surface area contributed by atoms with Gasteiger partial charge in [-0.05, 0) is 30.7 Å². The van der Waals surface area contributed by atoms with Gasteiger partial charge in [0.25, 0.3) is 0 Å². The molecule has 9 heteroatoms. The third-order valence-corrected chi connectivity index (χ3v) is 3.08. The molecular formula is C18H21N3O6. The summed E-state index contributed by atoms with van der Waals surface area (Å²) < 4.78 is 4.89. The third-order valence-electron chi connectivity index (χ3n) is 3.08. The minimum absolute atomic E-state index is 0.0188. The van der Waals surface area contributed by atoms with Gasteiger partial charge in [-0.1, -0.05) is 12.2 Å². The molecule has 1 amide bonds. The number of hydrogen-bond donors (Lipinski definition) is 3. The first kappa shape index (κ1) is 21.9. The van der Waals surface area contributed by atoms with Gasteiger partial charge in [-0.25, -0.2) is 14.6 Å². The highest BCUT2D eigenvalue weighted by atomic mass is 17.2. The average molecular weight is 375 g/mol. The molecule has 0 saturated heterocycles. The monoisotopic (exact) mass is 375 g/mol. The van der Waals surface area contributed by atoms with Crippen LogP contribution in [-0.2, 0) is 30.6 Å². The van der Waals surface area contributed by atoms with Crippen molar-refractivity contribution in [2.24, 2.45) is 0 Å². The van der Waals surface area contributed by atoms with Crippen LogP contribution in [0.4, 0.5) is 4.79 Å². The van der Waals surface area contributed by atoms with Crippen molar-refractivity contribution in [1.29, 1.82) is 10.8 Å². The smallest absolute Gasteiger partial charge is 0.407 e. The van der Waals surface area contributed by atoms with Crippen molar-refractivity contribution in [3.05, 3.63) is 47.0 Å². The highest BCUT2D eigenvalue weighted by Gasteiger charge is 2.10. The highest BCUT2D eigenvalue weighted by molar-refractivity contribution is 6.37. The standard InChI is InChI=1S/C18H21N3O6/c1-12(2)11-27-26-4-3-25-18(24)21-8-13-5-14(16(19)9-22)7-15(6-13)17(20)10-23/h5-7,9-10,19-20H,1,3-4,8,11H2,2H3,(H,21,24). The maximum Gasteiger partial charge on any atom is 0.407 e. The van der Waals surface area contributed by atoms with E-state index in [1.807, 2.05) is 0 Å². The lowest BCUT2D eigenvalue weighted by Gasteiger charge is -2.10. The Morgan fingerprint density at radius 2 is 1.67 bits per heavy atom. The molecule has 0 fully saturated rings. The van der Waals surface area contributed by atoms with Crippen LogP contribution < -0.4 is 5.32 Å². The van der Waals surface area contributed by atoms with Gasteiger partial charge in [0.15, 0.2) is 12.6 Å². The van der Waals surface area contributed by atoms with Crippen molar-refractivity contribution < 1.29 is 28.9 Å². The lowest BCUT2D eigenvalue weighted by atomic mass is 10.0. The summed E-state index contributed by atoms with van der Waals surface area (Å²) in [6.07, 6.45) is -0.00260. The second-order valence-corrected chi connectivity index (χ2v) is 5.51. The van der Waals surface area contributed by atoms with Crippen LogP contribution in [0.25, 0.3) is 0 Å². The number of rotatable bonds is 12. The summed E-state index contributed by atoms with van der Waals surface area (Å²) in [6, 6.07) is 4.40. The summed E-state index contributed by atoms with van der Waals surface area (Å²) >= 11 is 0. The molecule has 0 radical (unpaired) electrons. The molecule has 0 bridgehead atoms. The van der Waals surface area contributed by atoms with Gasteiger partial charge < -0.3 is 10.1 Å². The van der Waals surface area contributed by atoms with Crippen LogP contribution in [0.15, 0.2) is 30.4 Å². The van der Waals surface area contributed by atoms with E-state index in [0.29, 0.717) is 18.1 Å². The molecule has 0 aliphatic rings. The fraction of sp³-hybridized carbons (Fsp3) is 0.278. The first-order valence-corrected chi connectivity index (χ1v) is 7.89. The van der Waals surface area contributed by atoms with E-state index in [9.17, 15) is 14.4 Å². The number of ether oxygens (including phenoxy) is 1. The largest absolute Gasteiger partial charge is 0.447 e. The first-order valence-electron chi connectivity index (χ1n) is 7.89. The van der Waals surface area contributed by atoms with Crippen molar-refractivity contribution in [3.8, 4) is 0 Å². The minimum Gasteiger partial charge on any atom is -0.447 e. The molecule has 0 atom stereocenters. The number of alkyl carbamates (subject to hydrolysis) is 1. The summed E-state index contributed by atoms with van der Waals surface area (Å²) in [4.78, 5) is 42.8. The van der Waals surface area contributed by atoms with Gasteiger partial charge in [0, 0.05) is 17.7 Å². The number of carbonyl (C=O) groups is 3. The van der Waals surface area contributed by atoms with E-state index in [-0.39, 0.29) is 48.9 Å². The van der Waals surface area contributed by atoms with Crippen molar-refractivity contribution >= 4 is 30.1 Å². The Morgan fingerprint density at radius 3 is 2.19 bits per heavy atom. The Labute approximate surface area is 156 Å². The molecule has 144 valence electrons. The Kier molecular flexibility index (Phi) is 9.27. The zero-order chi connectivity index (χ0) is 20.2. The molecule has 27 heavy (non-hydrogen) atoms. The second kappa shape index (κ2) is 11.4. The maximum absolute atomic E-state index is 11.7. The first-order chi connectivity index (χ1) is 12.9. The summed E-state index contributed by atoms with van der Waals surface area (Å²) in [5.41, 5.74) is 1.17. The van der Waals surface area contributed by atoms with Crippen molar-refractivity contribution in [1.82, 2.24) is 5.32 Å². The zero-order valence-corrected chi connectivity index (χ0v) is 14.9. The lowest BCUT2D eigenvalue weighted by molar-refractivity contribution is -0.290. The van der Waals surface area contributed by atoms with Crippen LogP contribution in [0, 0.1) is 10.8 Å². The van der Waals surface area contributed by atoms with E-state index in [1.54, 1.807) is 6.92 Å². The molecule has 0 unspecified atom stereocenters. The van der Waals surface area contributed by atoms with Crippen LogP contribution in [0.1, 0.15) is 23.6 Å². The quantitative estimate of drug-likeness (QED) is 0.127. The van der Waals surface area contributed by atoms with E-state index in [1.165, 1.54) is 18.2 Å². The van der Waals surface area contributed by atoms with E-state index >= 15 is 0 Å². The number of carbonyl (C=O) groups excluding carboxylic acids is 3. The van der Waals surface area contributed by atoms with E-state index in [0.717, 1.165) is 5.57 Å². The minimum atomic E-state index is -0.707. The number of benzene rings is 1. The molecule has 0 heterocycles. The third kappa shape index (κ3) is 8.17. The number of hydrogen-bond acceptors (Lipinski definition) is 8. The predicted octanol–water partition coefficient (Wildman–Crippen LogP) is 1.57. The molecule has 0 saturated carbocycles. The van der Waals surface area contributed by atoms with Gasteiger partial charge in [0.1, 0.15) is 31.2 Å². The SMILES string of the molecule is C=C(C)COOCCOC(=O)NCc1cc(C(=N)C=O)cc(C(=N)C=O)c1. The average Bonchev–Trinajstić information content (AvgIpc) is 2.67. The molecule has 0 aliphatic carbocycles. The normalized spacial score (nSPS) is 9.96. The highest BCUT2D eigenvalue weighted by Crippen LogP contribution is 2.11. The van der Waals surface area contributed by atoms with Gasteiger partial charge in [0.2, 0.25) is 0 Å². The van der Waals surface area contributed by atoms with Gasteiger partial charge >= 0.3 is 6.09 Å².